The SMILES string of the molecule is CC(C)C(C)Nc1cccnc1Br. The first-order valence-electron chi connectivity index (χ1n) is 4.48. The summed E-state index contributed by atoms with van der Waals surface area (Å²) in [6.07, 6.45) is 1.77. The molecule has 0 aliphatic rings. The van der Waals surface area contributed by atoms with E-state index in [0.717, 1.165) is 10.3 Å². The van der Waals surface area contributed by atoms with Gasteiger partial charge in [-0.05, 0) is 40.9 Å². The zero-order valence-corrected chi connectivity index (χ0v) is 9.80. The minimum Gasteiger partial charge on any atom is -0.380 e. The van der Waals surface area contributed by atoms with Crippen LogP contribution in [0, 0.1) is 5.92 Å². The molecule has 0 aliphatic carbocycles. The third-order valence-electron chi connectivity index (χ3n) is 2.14. The summed E-state index contributed by atoms with van der Waals surface area (Å²) in [5.41, 5.74) is 1.06. The van der Waals surface area contributed by atoms with Crippen LogP contribution in [-0.4, -0.2) is 11.0 Å². The van der Waals surface area contributed by atoms with Gasteiger partial charge in [0, 0.05) is 12.2 Å². The maximum Gasteiger partial charge on any atom is 0.129 e. The highest BCUT2D eigenvalue weighted by molar-refractivity contribution is 9.10. The van der Waals surface area contributed by atoms with Crippen molar-refractivity contribution in [3.8, 4) is 0 Å². The minimum atomic E-state index is 0.459. The highest BCUT2D eigenvalue weighted by atomic mass is 79.9. The Hall–Kier alpha value is -0.570. The molecule has 1 heterocycles. The fraction of sp³-hybridized carbons (Fsp3) is 0.500. The smallest absolute Gasteiger partial charge is 0.129 e. The van der Waals surface area contributed by atoms with Gasteiger partial charge in [-0.15, -0.1) is 0 Å². The van der Waals surface area contributed by atoms with E-state index in [0.29, 0.717) is 12.0 Å². The number of halogens is 1. The lowest BCUT2D eigenvalue weighted by Gasteiger charge is -2.19. The summed E-state index contributed by atoms with van der Waals surface area (Å²) in [4.78, 5) is 4.15. The number of hydrogen-bond donors (Lipinski definition) is 1. The summed E-state index contributed by atoms with van der Waals surface area (Å²) in [6, 6.07) is 4.41. The maximum atomic E-state index is 4.15. The summed E-state index contributed by atoms with van der Waals surface area (Å²) in [5.74, 6) is 0.618. The Bertz CT molecular complexity index is 273. The van der Waals surface area contributed by atoms with Crippen LogP contribution < -0.4 is 5.32 Å². The topological polar surface area (TPSA) is 24.9 Å². The molecule has 0 aromatic carbocycles. The summed E-state index contributed by atoms with van der Waals surface area (Å²) < 4.78 is 0.877. The van der Waals surface area contributed by atoms with Crippen LogP contribution in [-0.2, 0) is 0 Å². The zero-order chi connectivity index (χ0) is 9.84. The number of hydrogen-bond acceptors (Lipinski definition) is 2. The first-order valence-corrected chi connectivity index (χ1v) is 5.27. The van der Waals surface area contributed by atoms with Crippen LogP contribution in [0.4, 0.5) is 5.69 Å². The van der Waals surface area contributed by atoms with Crippen molar-refractivity contribution >= 4 is 21.6 Å². The van der Waals surface area contributed by atoms with E-state index in [4.69, 9.17) is 0 Å². The van der Waals surface area contributed by atoms with Crippen molar-refractivity contribution in [2.24, 2.45) is 5.92 Å². The molecule has 0 saturated carbocycles. The number of nitrogens with one attached hydrogen (secondary N) is 1. The van der Waals surface area contributed by atoms with E-state index >= 15 is 0 Å². The van der Waals surface area contributed by atoms with E-state index in [9.17, 15) is 0 Å². The number of nitrogens with zero attached hydrogens (tertiary/aromatic N) is 1. The predicted octanol–water partition coefficient (Wildman–Crippen LogP) is 3.30. The molecule has 1 rings (SSSR count). The molecular weight excluding hydrogens is 228 g/mol. The number of aromatic nitrogens is 1. The van der Waals surface area contributed by atoms with E-state index in [2.05, 4.69) is 47.0 Å². The molecule has 1 aromatic rings. The van der Waals surface area contributed by atoms with Crippen LogP contribution in [0.15, 0.2) is 22.9 Å². The summed E-state index contributed by atoms with van der Waals surface area (Å²) >= 11 is 3.40. The van der Waals surface area contributed by atoms with Gasteiger partial charge in [-0.3, -0.25) is 0 Å². The van der Waals surface area contributed by atoms with Crippen molar-refractivity contribution in [1.82, 2.24) is 4.98 Å². The molecule has 0 saturated heterocycles. The van der Waals surface area contributed by atoms with Gasteiger partial charge in [0.25, 0.3) is 0 Å². The van der Waals surface area contributed by atoms with Gasteiger partial charge in [-0.25, -0.2) is 4.98 Å². The number of rotatable bonds is 3. The van der Waals surface area contributed by atoms with Gasteiger partial charge in [0.2, 0.25) is 0 Å². The average Bonchev–Trinajstić information content (AvgIpc) is 2.08. The molecule has 0 fully saturated rings. The highest BCUT2D eigenvalue weighted by Gasteiger charge is 2.08. The quantitative estimate of drug-likeness (QED) is 0.824. The lowest BCUT2D eigenvalue weighted by Crippen LogP contribution is -2.21. The standard InChI is InChI=1S/C10H15BrN2/c1-7(2)8(3)13-9-5-4-6-12-10(9)11/h4-8,13H,1-3H3. The first-order chi connectivity index (χ1) is 6.11. The second-order valence-electron chi connectivity index (χ2n) is 3.52. The second-order valence-corrected chi connectivity index (χ2v) is 4.27. The van der Waals surface area contributed by atoms with Gasteiger partial charge >= 0.3 is 0 Å². The molecule has 72 valence electrons. The van der Waals surface area contributed by atoms with Crippen molar-refractivity contribution in [3.63, 3.8) is 0 Å². The molecule has 0 spiro atoms. The number of pyridine rings is 1. The molecule has 1 unspecified atom stereocenters. The van der Waals surface area contributed by atoms with Crippen molar-refractivity contribution in [2.75, 3.05) is 5.32 Å². The third kappa shape index (κ3) is 2.99. The molecule has 2 nitrogen and oxygen atoms in total. The summed E-state index contributed by atoms with van der Waals surface area (Å²) in [6.45, 7) is 6.56. The Balaban J connectivity index is 2.69. The Morgan fingerprint density at radius 1 is 1.38 bits per heavy atom. The lowest BCUT2D eigenvalue weighted by molar-refractivity contribution is 0.559. The Labute approximate surface area is 87.9 Å². The largest absolute Gasteiger partial charge is 0.380 e. The normalized spacial score (nSPS) is 13.0. The Kier molecular flexibility index (Phi) is 3.72. The van der Waals surface area contributed by atoms with E-state index in [-0.39, 0.29) is 0 Å². The predicted molar refractivity (Wildman–Crippen MR) is 59.9 cm³/mol. The summed E-state index contributed by atoms with van der Waals surface area (Å²) in [5, 5.41) is 3.40. The second kappa shape index (κ2) is 4.61. The van der Waals surface area contributed by atoms with Crippen molar-refractivity contribution in [1.29, 1.82) is 0 Å². The first kappa shape index (κ1) is 10.5. The maximum absolute atomic E-state index is 4.15. The van der Waals surface area contributed by atoms with Gasteiger partial charge in [0.15, 0.2) is 0 Å². The third-order valence-corrected chi connectivity index (χ3v) is 2.77. The molecule has 13 heavy (non-hydrogen) atoms. The summed E-state index contributed by atoms with van der Waals surface area (Å²) in [7, 11) is 0. The van der Waals surface area contributed by atoms with E-state index in [1.807, 2.05) is 12.1 Å². The minimum absolute atomic E-state index is 0.459. The molecule has 0 bridgehead atoms. The van der Waals surface area contributed by atoms with Crippen molar-refractivity contribution in [3.05, 3.63) is 22.9 Å². The van der Waals surface area contributed by atoms with Gasteiger partial charge in [0.05, 0.1) is 5.69 Å². The Morgan fingerprint density at radius 3 is 2.62 bits per heavy atom. The molecule has 1 aromatic heterocycles. The van der Waals surface area contributed by atoms with Crippen molar-refractivity contribution < 1.29 is 0 Å². The van der Waals surface area contributed by atoms with Crippen molar-refractivity contribution in [2.45, 2.75) is 26.8 Å². The van der Waals surface area contributed by atoms with E-state index in [1.165, 1.54) is 0 Å². The number of anilines is 1. The monoisotopic (exact) mass is 242 g/mol. The van der Waals surface area contributed by atoms with Gasteiger partial charge in [-0.1, -0.05) is 13.8 Å². The molecule has 1 N–H and O–H groups in total. The zero-order valence-electron chi connectivity index (χ0n) is 8.21. The van der Waals surface area contributed by atoms with Crippen LogP contribution in [0.1, 0.15) is 20.8 Å². The van der Waals surface area contributed by atoms with Gasteiger partial charge in [-0.2, -0.15) is 0 Å². The Morgan fingerprint density at radius 2 is 2.08 bits per heavy atom. The van der Waals surface area contributed by atoms with Crippen LogP contribution in [0.2, 0.25) is 0 Å². The molecule has 0 aliphatic heterocycles. The fourth-order valence-corrected chi connectivity index (χ4v) is 1.27. The van der Waals surface area contributed by atoms with Crippen LogP contribution in [0.25, 0.3) is 0 Å². The van der Waals surface area contributed by atoms with Crippen LogP contribution >= 0.6 is 15.9 Å². The lowest BCUT2D eigenvalue weighted by atomic mass is 10.1. The van der Waals surface area contributed by atoms with E-state index < -0.39 is 0 Å². The van der Waals surface area contributed by atoms with E-state index in [1.54, 1.807) is 6.20 Å². The molecule has 3 heteroatoms. The average molecular weight is 243 g/mol. The molecular formula is C10H15BrN2. The van der Waals surface area contributed by atoms with Gasteiger partial charge < -0.3 is 5.32 Å². The highest BCUT2D eigenvalue weighted by Crippen LogP contribution is 2.20. The van der Waals surface area contributed by atoms with Gasteiger partial charge in [0.1, 0.15) is 4.60 Å². The van der Waals surface area contributed by atoms with Crippen LogP contribution in [0.3, 0.4) is 0 Å². The molecule has 1 atom stereocenters. The molecule has 0 amide bonds. The fourth-order valence-electron chi connectivity index (χ4n) is 0.906. The molecule has 0 radical (unpaired) electrons. The van der Waals surface area contributed by atoms with Crippen LogP contribution in [0.5, 0.6) is 0 Å².